The highest BCUT2D eigenvalue weighted by Crippen LogP contribution is 2.37. The fourth-order valence-corrected chi connectivity index (χ4v) is 4.45. The SMILES string of the molecule is CNC(=O)c1cc(Cl)cc(C)c1NC(=O)c1cc(C(=O)Nc2cc(C(F)(F)F)cc(C(F)(F)F)c2)nn1-c1ncccc1Cl. The molecule has 2 heterocycles. The highest BCUT2D eigenvalue weighted by Gasteiger charge is 2.37. The molecule has 0 unspecified atom stereocenters. The minimum atomic E-state index is -5.16. The van der Waals surface area contributed by atoms with Crippen LogP contribution >= 0.6 is 23.2 Å². The van der Waals surface area contributed by atoms with Crippen molar-refractivity contribution in [1.29, 1.82) is 0 Å². The summed E-state index contributed by atoms with van der Waals surface area (Å²) in [5, 5.41) is 11.1. The summed E-state index contributed by atoms with van der Waals surface area (Å²) in [5.74, 6) is -2.93. The Morgan fingerprint density at radius 3 is 2.05 bits per heavy atom. The van der Waals surface area contributed by atoms with Crippen molar-refractivity contribution >= 4 is 52.3 Å². The van der Waals surface area contributed by atoms with Crippen molar-refractivity contribution in [2.24, 2.45) is 0 Å². The van der Waals surface area contributed by atoms with Gasteiger partial charge in [0.15, 0.2) is 11.5 Å². The van der Waals surface area contributed by atoms with E-state index in [0.29, 0.717) is 17.7 Å². The molecule has 0 atom stereocenters. The van der Waals surface area contributed by atoms with Crippen molar-refractivity contribution in [3.8, 4) is 5.82 Å². The third kappa shape index (κ3) is 6.94. The Bertz CT molecular complexity index is 1760. The molecule has 2 aromatic heterocycles. The van der Waals surface area contributed by atoms with Gasteiger partial charge in [-0.15, -0.1) is 0 Å². The second-order valence-corrected chi connectivity index (χ2v) is 9.91. The van der Waals surface area contributed by atoms with Gasteiger partial charge in [0.25, 0.3) is 17.7 Å². The molecule has 0 fully saturated rings. The molecule has 3 N–H and O–H groups in total. The van der Waals surface area contributed by atoms with Gasteiger partial charge in [0, 0.05) is 30.0 Å². The van der Waals surface area contributed by atoms with Crippen LogP contribution in [0.3, 0.4) is 0 Å². The number of benzene rings is 2. The quantitative estimate of drug-likeness (QED) is 0.197. The lowest BCUT2D eigenvalue weighted by Crippen LogP contribution is -2.23. The number of nitrogens with one attached hydrogen (secondary N) is 3. The molecule has 2 aromatic carbocycles. The molecule has 0 saturated carbocycles. The number of alkyl halides is 6. The molecule has 0 spiro atoms. The van der Waals surface area contributed by atoms with Gasteiger partial charge in [-0.1, -0.05) is 23.2 Å². The van der Waals surface area contributed by atoms with Crippen LogP contribution in [-0.4, -0.2) is 39.5 Å². The van der Waals surface area contributed by atoms with Crippen LogP contribution in [0.5, 0.6) is 0 Å². The van der Waals surface area contributed by atoms with Gasteiger partial charge >= 0.3 is 12.4 Å². The normalized spacial score (nSPS) is 11.7. The Morgan fingerprint density at radius 1 is 0.841 bits per heavy atom. The smallest absolute Gasteiger partial charge is 0.355 e. The maximum absolute atomic E-state index is 13.5. The summed E-state index contributed by atoms with van der Waals surface area (Å²) in [6, 6.07) is 7.08. The molecule has 0 aliphatic rings. The van der Waals surface area contributed by atoms with Crippen LogP contribution in [0.2, 0.25) is 10.0 Å². The van der Waals surface area contributed by atoms with Crippen molar-refractivity contribution in [2.45, 2.75) is 19.3 Å². The number of nitrogens with zero attached hydrogens (tertiary/aromatic N) is 3. The average molecular weight is 659 g/mol. The number of carbonyl (C=O) groups excluding carboxylic acids is 3. The molecule has 44 heavy (non-hydrogen) atoms. The Labute approximate surface area is 254 Å². The van der Waals surface area contributed by atoms with Gasteiger partial charge in [-0.2, -0.15) is 31.4 Å². The molecule has 4 aromatic rings. The van der Waals surface area contributed by atoms with Crippen LogP contribution in [0.25, 0.3) is 5.82 Å². The lowest BCUT2D eigenvalue weighted by Gasteiger charge is -2.14. The van der Waals surface area contributed by atoms with Crippen molar-refractivity contribution in [2.75, 3.05) is 17.7 Å². The molecule has 0 bridgehead atoms. The maximum atomic E-state index is 13.5. The molecule has 3 amide bonds. The van der Waals surface area contributed by atoms with Crippen LogP contribution in [0.1, 0.15) is 48.0 Å². The number of rotatable bonds is 6. The van der Waals surface area contributed by atoms with Crippen molar-refractivity contribution < 1.29 is 40.7 Å². The van der Waals surface area contributed by atoms with Gasteiger partial charge in [0.1, 0.15) is 5.69 Å². The van der Waals surface area contributed by atoms with E-state index in [1.54, 1.807) is 6.92 Å². The zero-order valence-corrected chi connectivity index (χ0v) is 23.8. The number of carbonyl (C=O) groups is 3. The number of halogens is 8. The van der Waals surface area contributed by atoms with Crippen LogP contribution in [0.15, 0.2) is 54.7 Å². The van der Waals surface area contributed by atoms with E-state index >= 15 is 0 Å². The van der Waals surface area contributed by atoms with Crippen LogP contribution in [-0.2, 0) is 12.4 Å². The van der Waals surface area contributed by atoms with Gasteiger partial charge < -0.3 is 16.0 Å². The number of pyridine rings is 1. The van der Waals surface area contributed by atoms with Crippen LogP contribution in [0, 0.1) is 6.92 Å². The van der Waals surface area contributed by atoms with Gasteiger partial charge in [-0.3, -0.25) is 14.4 Å². The summed E-state index contributed by atoms with van der Waals surface area (Å²) in [6.07, 6.45) is -9.02. The van der Waals surface area contributed by atoms with E-state index in [1.165, 1.54) is 37.5 Å². The summed E-state index contributed by atoms with van der Waals surface area (Å²) in [7, 11) is 1.36. The molecule has 4 rings (SSSR count). The zero-order valence-electron chi connectivity index (χ0n) is 22.3. The molecular formula is C27H18Cl2F6N6O3. The zero-order chi connectivity index (χ0) is 32.6. The highest BCUT2D eigenvalue weighted by atomic mass is 35.5. The largest absolute Gasteiger partial charge is 0.416 e. The lowest BCUT2D eigenvalue weighted by molar-refractivity contribution is -0.143. The Hall–Kier alpha value is -4.63. The van der Waals surface area contributed by atoms with E-state index in [1.807, 2.05) is 5.32 Å². The first-order valence-corrected chi connectivity index (χ1v) is 12.9. The standard InChI is InChI=1S/C27H18Cl2F6N6O3/c1-12-6-15(28)10-17(23(42)36-2)21(12)39-25(44)20-11-19(40-41(20)22-18(29)4-3-5-37-22)24(43)38-16-8-13(26(30,31)32)7-14(9-16)27(33,34)35/h3-11H,1-2H3,(H,36,42)(H,38,43)(H,39,44). The molecule has 0 radical (unpaired) electrons. The second-order valence-electron chi connectivity index (χ2n) is 9.06. The monoisotopic (exact) mass is 658 g/mol. The van der Waals surface area contributed by atoms with Crippen molar-refractivity contribution in [3.63, 3.8) is 0 Å². The number of amides is 3. The lowest BCUT2D eigenvalue weighted by atomic mass is 10.1. The minimum Gasteiger partial charge on any atom is -0.355 e. The fourth-order valence-electron chi connectivity index (χ4n) is 3.97. The first kappa shape index (κ1) is 32.3. The first-order chi connectivity index (χ1) is 20.5. The highest BCUT2D eigenvalue weighted by molar-refractivity contribution is 6.32. The Balaban J connectivity index is 1.78. The number of hydrogen-bond acceptors (Lipinski definition) is 5. The van der Waals surface area contributed by atoms with Crippen LogP contribution in [0.4, 0.5) is 37.7 Å². The number of aromatic nitrogens is 3. The molecule has 230 valence electrons. The van der Waals surface area contributed by atoms with Gasteiger partial charge in [-0.25, -0.2) is 9.67 Å². The van der Waals surface area contributed by atoms with Crippen molar-refractivity contribution in [3.05, 3.63) is 98.4 Å². The van der Waals surface area contributed by atoms with Gasteiger partial charge in [-0.05, 0) is 55.0 Å². The minimum absolute atomic E-state index is 0.00392. The number of aryl methyl sites for hydroxylation is 1. The van der Waals surface area contributed by atoms with E-state index in [9.17, 15) is 40.7 Å². The Morgan fingerprint density at radius 2 is 1.48 bits per heavy atom. The predicted molar refractivity (Wildman–Crippen MR) is 148 cm³/mol. The van der Waals surface area contributed by atoms with Crippen LogP contribution < -0.4 is 16.0 Å². The molecule has 9 nitrogen and oxygen atoms in total. The maximum Gasteiger partial charge on any atom is 0.416 e. The fraction of sp³-hybridized carbons (Fsp3) is 0.148. The summed E-state index contributed by atoms with van der Waals surface area (Å²) in [5.41, 5.74) is -4.69. The first-order valence-electron chi connectivity index (χ1n) is 12.1. The molecule has 0 saturated heterocycles. The Kier molecular flexibility index (Phi) is 8.93. The van der Waals surface area contributed by atoms with Gasteiger partial charge in [0.05, 0.1) is 27.4 Å². The topological polar surface area (TPSA) is 118 Å². The third-order valence-corrected chi connectivity index (χ3v) is 6.48. The second kappa shape index (κ2) is 12.2. The molecule has 0 aliphatic carbocycles. The molecular weight excluding hydrogens is 641 g/mol. The summed E-state index contributed by atoms with van der Waals surface area (Å²) in [6.45, 7) is 1.56. The molecule has 17 heteroatoms. The van der Waals surface area contributed by atoms with Crippen molar-refractivity contribution in [1.82, 2.24) is 20.1 Å². The summed E-state index contributed by atoms with van der Waals surface area (Å²) >= 11 is 12.3. The van der Waals surface area contributed by atoms with E-state index in [2.05, 4.69) is 20.7 Å². The van der Waals surface area contributed by atoms with E-state index in [-0.39, 0.29) is 38.9 Å². The predicted octanol–water partition coefficient (Wildman–Crippen LogP) is 6.78. The average Bonchev–Trinajstić information content (AvgIpc) is 3.38. The van der Waals surface area contributed by atoms with E-state index in [4.69, 9.17) is 23.2 Å². The third-order valence-electron chi connectivity index (χ3n) is 5.97. The number of anilines is 2. The summed E-state index contributed by atoms with van der Waals surface area (Å²) in [4.78, 5) is 43.1. The molecule has 0 aliphatic heterocycles. The van der Waals surface area contributed by atoms with E-state index in [0.717, 1.165) is 10.7 Å². The summed E-state index contributed by atoms with van der Waals surface area (Å²) < 4.78 is 80.7. The number of hydrogen-bond donors (Lipinski definition) is 3. The van der Waals surface area contributed by atoms with Gasteiger partial charge in [0.2, 0.25) is 0 Å². The van der Waals surface area contributed by atoms with E-state index < -0.39 is 52.6 Å².